The Morgan fingerprint density at radius 2 is 0.840 bits per heavy atom. The Kier molecular flexibility index (Phi) is 6.53. The summed E-state index contributed by atoms with van der Waals surface area (Å²) in [5.74, 6) is 0. The molecule has 0 amide bonds. The highest BCUT2D eigenvalue weighted by Crippen LogP contribution is 2.42. The highest BCUT2D eigenvalue weighted by molar-refractivity contribution is 6.18. The molecular weight excluding hydrogens is 605 g/mol. The molecule has 0 spiro atoms. The first kappa shape index (κ1) is 28.4. The van der Waals surface area contributed by atoms with Gasteiger partial charge in [0.05, 0.1) is 11.0 Å². The Hall–Kier alpha value is -6.64. The molecule has 1 heterocycles. The van der Waals surface area contributed by atoms with E-state index >= 15 is 0 Å². The van der Waals surface area contributed by atoms with Gasteiger partial charge >= 0.3 is 0 Å². The summed E-state index contributed by atoms with van der Waals surface area (Å²) in [6.07, 6.45) is 0. The summed E-state index contributed by atoms with van der Waals surface area (Å²) in [6.45, 7) is 0. The van der Waals surface area contributed by atoms with Crippen molar-refractivity contribution in [2.45, 2.75) is 0 Å². The van der Waals surface area contributed by atoms with Gasteiger partial charge in [0.15, 0.2) is 0 Å². The molecule has 0 bridgehead atoms. The van der Waals surface area contributed by atoms with Crippen molar-refractivity contribution in [2.75, 3.05) is 4.90 Å². The van der Waals surface area contributed by atoms with Crippen molar-refractivity contribution in [1.29, 1.82) is 0 Å². The van der Waals surface area contributed by atoms with Gasteiger partial charge in [0.2, 0.25) is 0 Å². The van der Waals surface area contributed by atoms with E-state index in [1.54, 1.807) is 0 Å². The van der Waals surface area contributed by atoms with Gasteiger partial charge in [-0.3, -0.25) is 0 Å². The molecule has 234 valence electrons. The van der Waals surface area contributed by atoms with Crippen molar-refractivity contribution in [1.82, 2.24) is 4.57 Å². The fourth-order valence-corrected chi connectivity index (χ4v) is 7.79. The standard InChI is InChI=1S/C48H32N2/c1-3-11-33(12-4-1)34-19-23-38(24-20-34)49(39-25-29-42-36(31-39)22-28-43-41-16-8-7-13-35(41)21-27-44(42)43)40-26-30-48-46(32-40)45-17-9-10-18-47(45)50(48)37-14-5-2-6-15-37/h1-32H. The summed E-state index contributed by atoms with van der Waals surface area (Å²) >= 11 is 0. The van der Waals surface area contributed by atoms with Gasteiger partial charge in [-0.2, -0.15) is 0 Å². The zero-order chi connectivity index (χ0) is 33.0. The zero-order valence-electron chi connectivity index (χ0n) is 27.4. The van der Waals surface area contributed by atoms with Gasteiger partial charge in [-0.1, -0.05) is 133 Å². The molecule has 0 saturated carbocycles. The molecule has 2 nitrogen and oxygen atoms in total. The van der Waals surface area contributed by atoms with Crippen molar-refractivity contribution in [3.8, 4) is 16.8 Å². The van der Waals surface area contributed by atoms with E-state index in [1.165, 1.54) is 65.3 Å². The second kappa shape index (κ2) is 11.5. The van der Waals surface area contributed by atoms with E-state index in [2.05, 4.69) is 204 Å². The van der Waals surface area contributed by atoms with Gasteiger partial charge in [-0.05, 0) is 104 Å². The maximum atomic E-state index is 2.40. The van der Waals surface area contributed by atoms with Gasteiger partial charge in [-0.25, -0.2) is 0 Å². The number of hydrogen-bond donors (Lipinski definition) is 0. The lowest BCUT2D eigenvalue weighted by molar-refractivity contribution is 1.18. The first-order valence-corrected chi connectivity index (χ1v) is 17.2. The van der Waals surface area contributed by atoms with E-state index in [1.807, 2.05) is 0 Å². The Morgan fingerprint density at radius 1 is 0.300 bits per heavy atom. The van der Waals surface area contributed by atoms with Crippen molar-refractivity contribution < 1.29 is 0 Å². The van der Waals surface area contributed by atoms with E-state index in [0.717, 1.165) is 22.7 Å². The second-order valence-corrected chi connectivity index (χ2v) is 13.0. The van der Waals surface area contributed by atoms with Gasteiger partial charge in [0.1, 0.15) is 0 Å². The summed E-state index contributed by atoms with van der Waals surface area (Å²) in [6, 6.07) is 70.5. The largest absolute Gasteiger partial charge is 0.310 e. The third kappa shape index (κ3) is 4.57. The summed E-state index contributed by atoms with van der Waals surface area (Å²) in [5.41, 5.74) is 9.32. The molecule has 0 aliphatic heterocycles. The Morgan fingerprint density at radius 3 is 1.64 bits per heavy atom. The summed E-state index contributed by atoms with van der Waals surface area (Å²) in [4.78, 5) is 2.40. The van der Waals surface area contributed by atoms with Gasteiger partial charge in [0.25, 0.3) is 0 Å². The molecule has 0 atom stereocenters. The third-order valence-electron chi connectivity index (χ3n) is 10.1. The van der Waals surface area contributed by atoms with Crippen LogP contribution in [0.2, 0.25) is 0 Å². The summed E-state index contributed by atoms with van der Waals surface area (Å²) in [7, 11) is 0. The smallest absolute Gasteiger partial charge is 0.0542 e. The van der Waals surface area contributed by atoms with Crippen LogP contribution in [0.25, 0.3) is 70.9 Å². The molecule has 9 aromatic carbocycles. The van der Waals surface area contributed by atoms with Crippen LogP contribution in [0.4, 0.5) is 17.1 Å². The van der Waals surface area contributed by atoms with Crippen LogP contribution in [0.5, 0.6) is 0 Å². The molecule has 50 heavy (non-hydrogen) atoms. The van der Waals surface area contributed by atoms with Crippen molar-refractivity contribution in [3.05, 3.63) is 194 Å². The Labute approximate surface area is 290 Å². The van der Waals surface area contributed by atoms with Gasteiger partial charge in [0, 0.05) is 33.5 Å². The lowest BCUT2D eigenvalue weighted by Gasteiger charge is -2.26. The number of fused-ring (bicyclic) bond motifs is 8. The number of hydrogen-bond acceptors (Lipinski definition) is 1. The van der Waals surface area contributed by atoms with Crippen molar-refractivity contribution in [3.63, 3.8) is 0 Å². The molecule has 2 heteroatoms. The minimum absolute atomic E-state index is 1.11. The molecular formula is C48H32N2. The van der Waals surface area contributed by atoms with Crippen LogP contribution >= 0.6 is 0 Å². The molecule has 0 radical (unpaired) electrons. The monoisotopic (exact) mass is 636 g/mol. The fraction of sp³-hybridized carbons (Fsp3) is 0. The SMILES string of the molecule is c1ccc(-c2ccc(N(c3ccc4c(ccc5c6ccccc6ccc45)c3)c3ccc4c(c3)c3ccccc3n4-c3ccccc3)cc2)cc1. The lowest BCUT2D eigenvalue weighted by atomic mass is 9.96. The van der Waals surface area contributed by atoms with Crippen molar-refractivity contribution >= 4 is 71.2 Å². The van der Waals surface area contributed by atoms with Crippen LogP contribution in [-0.2, 0) is 0 Å². The average molecular weight is 637 g/mol. The maximum Gasteiger partial charge on any atom is 0.0542 e. The van der Waals surface area contributed by atoms with E-state index < -0.39 is 0 Å². The van der Waals surface area contributed by atoms with Crippen LogP contribution < -0.4 is 4.90 Å². The van der Waals surface area contributed by atoms with Crippen LogP contribution in [0, 0.1) is 0 Å². The normalized spacial score (nSPS) is 11.6. The topological polar surface area (TPSA) is 8.17 Å². The molecule has 0 fully saturated rings. The van der Waals surface area contributed by atoms with E-state index in [0.29, 0.717) is 0 Å². The maximum absolute atomic E-state index is 2.40. The number of anilines is 3. The Bertz CT molecular complexity index is 2850. The molecule has 10 aromatic rings. The average Bonchev–Trinajstić information content (AvgIpc) is 3.52. The first-order valence-electron chi connectivity index (χ1n) is 17.2. The number of benzene rings is 9. The fourth-order valence-electron chi connectivity index (χ4n) is 7.79. The number of para-hydroxylation sites is 2. The lowest BCUT2D eigenvalue weighted by Crippen LogP contribution is -2.10. The van der Waals surface area contributed by atoms with Crippen molar-refractivity contribution in [2.24, 2.45) is 0 Å². The molecule has 0 N–H and O–H groups in total. The highest BCUT2D eigenvalue weighted by Gasteiger charge is 2.18. The van der Waals surface area contributed by atoms with Gasteiger partial charge in [-0.15, -0.1) is 0 Å². The number of nitrogens with zero attached hydrogens (tertiary/aromatic N) is 2. The molecule has 10 rings (SSSR count). The van der Waals surface area contributed by atoms with Crippen LogP contribution in [-0.4, -0.2) is 4.57 Å². The highest BCUT2D eigenvalue weighted by atomic mass is 15.1. The minimum atomic E-state index is 1.11. The molecule has 0 aliphatic rings. The number of aromatic nitrogens is 1. The Balaban J connectivity index is 1.17. The summed E-state index contributed by atoms with van der Waals surface area (Å²) < 4.78 is 2.37. The first-order chi connectivity index (χ1) is 24.8. The third-order valence-corrected chi connectivity index (χ3v) is 10.1. The van der Waals surface area contributed by atoms with Crippen LogP contribution in [0.3, 0.4) is 0 Å². The van der Waals surface area contributed by atoms with Crippen LogP contribution in [0.1, 0.15) is 0 Å². The predicted octanol–water partition coefficient (Wildman–Crippen LogP) is 13.4. The zero-order valence-corrected chi connectivity index (χ0v) is 27.4. The van der Waals surface area contributed by atoms with E-state index in [4.69, 9.17) is 0 Å². The minimum Gasteiger partial charge on any atom is -0.310 e. The molecule has 0 saturated heterocycles. The van der Waals surface area contributed by atoms with E-state index in [-0.39, 0.29) is 0 Å². The predicted molar refractivity (Wildman–Crippen MR) is 213 cm³/mol. The molecule has 0 unspecified atom stereocenters. The van der Waals surface area contributed by atoms with Crippen LogP contribution in [0.15, 0.2) is 194 Å². The second-order valence-electron chi connectivity index (χ2n) is 13.0. The molecule has 0 aliphatic carbocycles. The van der Waals surface area contributed by atoms with Gasteiger partial charge < -0.3 is 9.47 Å². The summed E-state index contributed by atoms with van der Waals surface area (Å²) in [5, 5.41) is 10.1. The quantitative estimate of drug-likeness (QED) is 0.171. The number of rotatable bonds is 5. The molecule has 1 aromatic heterocycles. The van der Waals surface area contributed by atoms with E-state index in [9.17, 15) is 0 Å².